The van der Waals surface area contributed by atoms with Crippen molar-refractivity contribution in [3.05, 3.63) is 65.4 Å². The Hall–Kier alpha value is -3.51. The monoisotopic (exact) mass is 447 g/mol. The summed E-state index contributed by atoms with van der Waals surface area (Å²) < 4.78 is 5.38. The number of carbonyl (C=O) groups is 1. The second kappa shape index (κ2) is 7.57. The van der Waals surface area contributed by atoms with E-state index in [2.05, 4.69) is 4.98 Å². The number of anilines is 1. The van der Waals surface area contributed by atoms with Crippen molar-refractivity contribution in [3.63, 3.8) is 0 Å². The highest BCUT2D eigenvalue weighted by atomic mass is 35.5. The van der Waals surface area contributed by atoms with Crippen LogP contribution in [-0.2, 0) is 0 Å². The fraction of sp³-hybridized carbons (Fsp3) is 0.200. The summed E-state index contributed by atoms with van der Waals surface area (Å²) in [6, 6.07) is 14.6. The molecule has 162 valence electrons. The van der Waals surface area contributed by atoms with Gasteiger partial charge >= 0.3 is 0 Å². The number of nitrogens with zero attached hydrogens (tertiary/aromatic N) is 1. The molecule has 0 bridgehead atoms. The van der Waals surface area contributed by atoms with Crippen LogP contribution in [0.3, 0.4) is 0 Å². The van der Waals surface area contributed by atoms with Gasteiger partial charge < -0.3 is 25.1 Å². The van der Waals surface area contributed by atoms with Crippen LogP contribution in [0.25, 0.3) is 21.7 Å². The number of benzene rings is 3. The van der Waals surface area contributed by atoms with E-state index in [4.69, 9.17) is 21.7 Å². The molecule has 1 amide bonds. The molecule has 3 N–H and O–H groups in total. The third-order valence-electron chi connectivity index (χ3n) is 6.16. The average Bonchev–Trinajstić information content (AvgIpc) is 3.39. The van der Waals surface area contributed by atoms with Gasteiger partial charge in [0.2, 0.25) is 0 Å². The first-order chi connectivity index (χ1) is 15.4. The van der Waals surface area contributed by atoms with Gasteiger partial charge in [-0.3, -0.25) is 4.79 Å². The molecule has 0 aliphatic carbocycles. The number of hydrogen-bond acceptors (Lipinski definition) is 4. The number of fused-ring (bicyclic) bond motifs is 4. The topological polar surface area (TPSA) is 89.4 Å². The van der Waals surface area contributed by atoms with E-state index in [-0.39, 0.29) is 17.6 Å². The summed E-state index contributed by atoms with van der Waals surface area (Å²) >= 11 is 6.32. The number of amides is 1. The number of aromatic hydroxyl groups is 1. The molecule has 2 heterocycles. The van der Waals surface area contributed by atoms with Crippen molar-refractivity contribution in [2.24, 2.45) is 0 Å². The number of phenolic OH excluding ortho intramolecular Hbond substituents is 1. The molecule has 0 spiro atoms. The fourth-order valence-electron chi connectivity index (χ4n) is 4.53. The molecule has 0 radical (unpaired) electrons. The van der Waals surface area contributed by atoms with Crippen molar-refractivity contribution in [1.82, 2.24) is 4.98 Å². The summed E-state index contributed by atoms with van der Waals surface area (Å²) in [4.78, 5) is 18.4. The second-order valence-electron chi connectivity index (χ2n) is 8.12. The number of carbonyl (C=O) groups excluding carboxylic acids is 1. The maximum Gasteiger partial charge on any atom is 0.274 e. The zero-order valence-electron chi connectivity index (χ0n) is 17.7. The SMILES string of the molecule is COc1ccc2c(O)cc3c(c2c1)[C@H](CCl)CN3C(=O)c1cc2cc(C(C)=N)ccc2[nH]1. The third-order valence-corrected chi connectivity index (χ3v) is 6.53. The number of aromatic amines is 1. The summed E-state index contributed by atoms with van der Waals surface area (Å²) in [6.07, 6.45) is 0. The number of methoxy groups -OCH3 is 1. The van der Waals surface area contributed by atoms with Gasteiger partial charge in [0.1, 0.15) is 17.2 Å². The number of rotatable bonds is 4. The molecule has 1 aliphatic heterocycles. The lowest BCUT2D eigenvalue weighted by Gasteiger charge is -2.17. The van der Waals surface area contributed by atoms with Gasteiger partial charge in [-0.25, -0.2) is 0 Å². The molecule has 7 heteroatoms. The Morgan fingerprint density at radius 2 is 2.03 bits per heavy atom. The minimum Gasteiger partial charge on any atom is -0.507 e. The molecule has 3 aromatic carbocycles. The molecule has 1 aliphatic rings. The molecular weight excluding hydrogens is 426 g/mol. The van der Waals surface area contributed by atoms with Crippen molar-refractivity contribution >= 4 is 50.6 Å². The standard InChI is InChI=1S/C25H22ClN3O3/c1-13(27)14-3-6-20-15(7-14)8-21(28-20)25(31)29-12-16(11-26)24-19-9-17(32-2)4-5-18(19)23(30)10-22(24)29/h3-10,16,27-28,30H,11-12H2,1-2H3/t16-/m1/s1. The smallest absolute Gasteiger partial charge is 0.274 e. The van der Waals surface area contributed by atoms with E-state index in [0.717, 1.165) is 27.4 Å². The Labute approximate surface area is 189 Å². The van der Waals surface area contributed by atoms with Gasteiger partial charge in [-0.15, -0.1) is 11.6 Å². The summed E-state index contributed by atoms with van der Waals surface area (Å²) in [5, 5.41) is 20.9. The molecule has 4 aromatic rings. The van der Waals surface area contributed by atoms with E-state index in [1.54, 1.807) is 31.1 Å². The number of H-pyrrole nitrogens is 1. The van der Waals surface area contributed by atoms with Crippen LogP contribution in [0.2, 0.25) is 0 Å². The number of aromatic nitrogens is 1. The number of nitrogens with one attached hydrogen (secondary N) is 2. The van der Waals surface area contributed by atoms with Gasteiger partial charge in [0, 0.05) is 46.4 Å². The lowest BCUT2D eigenvalue weighted by atomic mass is 9.95. The minimum absolute atomic E-state index is 0.0673. The maximum absolute atomic E-state index is 13.5. The van der Waals surface area contributed by atoms with Gasteiger partial charge in [0.05, 0.1) is 12.8 Å². The molecule has 0 unspecified atom stereocenters. The van der Waals surface area contributed by atoms with Crippen molar-refractivity contribution in [1.29, 1.82) is 5.41 Å². The minimum atomic E-state index is -0.190. The lowest BCUT2D eigenvalue weighted by Crippen LogP contribution is -2.30. The summed E-state index contributed by atoms with van der Waals surface area (Å²) in [5.41, 5.74) is 4.17. The van der Waals surface area contributed by atoms with E-state index >= 15 is 0 Å². The van der Waals surface area contributed by atoms with Crippen LogP contribution in [-0.4, -0.2) is 41.2 Å². The Morgan fingerprint density at radius 3 is 2.75 bits per heavy atom. The predicted octanol–water partition coefficient (Wildman–Crippen LogP) is 5.41. The lowest BCUT2D eigenvalue weighted by molar-refractivity contribution is 0.0984. The van der Waals surface area contributed by atoms with Gasteiger partial charge in [-0.2, -0.15) is 0 Å². The first-order valence-corrected chi connectivity index (χ1v) is 10.8. The second-order valence-corrected chi connectivity index (χ2v) is 8.43. The van der Waals surface area contributed by atoms with E-state index in [1.165, 1.54) is 0 Å². The van der Waals surface area contributed by atoms with Crippen LogP contribution in [0, 0.1) is 5.41 Å². The molecule has 1 aromatic heterocycles. The fourth-order valence-corrected chi connectivity index (χ4v) is 4.78. The Balaban J connectivity index is 1.62. The first-order valence-electron chi connectivity index (χ1n) is 10.3. The van der Waals surface area contributed by atoms with E-state index < -0.39 is 0 Å². The van der Waals surface area contributed by atoms with Crippen LogP contribution in [0.1, 0.15) is 34.5 Å². The predicted molar refractivity (Wildman–Crippen MR) is 128 cm³/mol. The van der Waals surface area contributed by atoms with Gasteiger partial charge in [-0.1, -0.05) is 6.07 Å². The molecule has 0 fully saturated rings. The van der Waals surface area contributed by atoms with Crippen LogP contribution >= 0.6 is 11.6 Å². The number of phenols is 1. The van der Waals surface area contributed by atoms with Gasteiger partial charge in [-0.05, 0) is 59.8 Å². The average molecular weight is 448 g/mol. The Morgan fingerprint density at radius 1 is 1.22 bits per heavy atom. The highest BCUT2D eigenvalue weighted by Crippen LogP contribution is 2.46. The van der Waals surface area contributed by atoms with Crippen molar-refractivity contribution < 1.29 is 14.6 Å². The Kier molecular flexibility index (Phi) is 4.82. The number of hydrogen-bond donors (Lipinski definition) is 3. The van der Waals surface area contributed by atoms with E-state index in [1.807, 2.05) is 36.4 Å². The molecule has 1 atom stereocenters. The van der Waals surface area contributed by atoms with Crippen molar-refractivity contribution in [3.8, 4) is 11.5 Å². The number of ether oxygens (including phenoxy) is 1. The molecule has 0 saturated heterocycles. The number of halogens is 1. The first kappa shape index (κ1) is 20.4. The highest BCUT2D eigenvalue weighted by Gasteiger charge is 2.35. The van der Waals surface area contributed by atoms with Gasteiger partial charge in [0.15, 0.2) is 0 Å². The summed E-state index contributed by atoms with van der Waals surface area (Å²) in [7, 11) is 1.60. The van der Waals surface area contributed by atoms with Crippen LogP contribution in [0.5, 0.6) is 11.5 Å². The maximum atomic E-state index is 13.5. The van der Waals surface area contributed by atoms with E-state index in [9.17, 15) is 9.90 Å². The number of alkyl halides is 1. The zero-order chi connectivity index (χ0) is 22.6. The molecular formula is C25H22ClN3O3. The summed E-state index contributed by atoms with van der Waals surface area (Å²) in [6.45, 7) is 2.16. The van der Waals surface area contributed by atoms with E-state index in [0.29, 0.717) is 40.7 Å². The zero-order valence-corrected chi connectivity index (χ0v) is 18.5. The highest BCUT2D eigenvalue weighted by molar-refractivity contribution is 6.19. The van der Waals surface area contributed by atoms with Crippen LogP contribution in [0.4, 0.5) is 5.69 Å². The quantitative estimate of drug-likeness (QED) is 0.289. The summed E-state index contributed by atoms with van der Waals surface area (Å²) in [5.74, 6) is 0.878. The molecule has 0 saturated carbocycles. The van der Waals surface area contributed by atoms with Crippen LogP contribution < -0.4 is 9.64 Å². The van der Waals surface area contributed by atoms with Crippen LogP contribution in [0.15, 0.2) is 48.5 Å². The molecule has 5 rings (SSSR count). The van der Waals surface area contributed by atoms with Crippen molar-refractivity contribution in [2.75, 3.05) is 24.4 Å². The van der Waals surface area contributed by atoms with Crippen molar-refractivity contribution in [2.45, 2.75) is 12.8 Å². The third kappa shape index (κ3) is 3.10. The largest absolute Gasteiger partial charge is 0.507 e. The molecule has 6 nitrogen and oxygen atoms in total. The Bertz CT molecular complexity index is 1410. The van der Waals surface area contributed by atoms with Gasteiger partial charge in [0.25, 0.3) is 5.91 Å². The normalized spacial score (nSPS) is 15.3. The molecule has 32 heavy (non-hydrogen) atoms.